The second-order valence-corrected chi connectivity index (χ2v) is 8.56. The first kappa shape index (κ1) is 23.2. The van der Waals surface area contributed by atoms with Crippen LogP contribution in [0.4, 0.5) is 10.5 Å². The summed E-state index contributed by atoms with van der Waals surface area (Å²) in [4.78, 5) is 19.9. The lowest BCUT2D eigenvalue weighted by Crippen LogP contribution is -2.54. The molecule has 33 heavy (non-hydrogen) atoms. The number of ether oxygens (including phenoxy) is 3. The molecule has 4 rings (SSSR count). The average Bonchev–Trinajstić information content (AvgIpc) is 3.34. The zero-order valence-electron chi connectivity index (χ0n) is 19.6. The average molecular weight is 455 g/mol. The highest BCUT2D eigenvalue weighted by atomic mass is 16.8. The van der Waals surface area contributed by atoms with Crippen molar-refractivity contribution in [2.75, 3.05) is 38.3 Å². The summed E-state index contributed by atoms with van der Waals surface area (Å²) in [5.41, 5.74) is 2.28. The molecular weight excluding hydrogens is 420 g/mol. The number of nitrogens with zero attached hydrogens (tertiary/aromatic N) is 2. The van der Waals surface area contributed by atoms with Crippen LogP contribution in [0.25, 0.3) is 0 Å². The molecule has 1 saturated heterocycles. The second kappa shape index (κ2) is 11.3. The number of carbonyl (C=O) groups excluding carboxylic acids is 1. The Morgan fingerprint density at radius 1 is 1.03 bits per heavy atom. The standard InChI is InChI=1S/C26H34N2O5/c1-3-31-26(29)33-28-16-15-27(19-22(28)17-20-9-5-4-6-10-20)21-13-14-24(30-2)25(18-21)32-23-11-7-8-12-23/h4-6,9-10,13-14,18,22-23H,3,7-8,11-12,15-17,19H2,1-2H3/t22-/m0/s1. The lowest BCUT2D eigenvalue weighted by Gasteiger charge is -2.40. The number of rotatable bonds is 8. The Bertz CT molecular complexity index is 901. The van der Waals surface area contributed by atoms with Crippen LogP contribution < -0.4 is 14.4 Å². The molecule has 1 saturated carbocycles. The van der Waals surface area contributed by atoms with Gasteiger partial charge in [-0.3, -0.25) is 0 Å². The van der Waals surface area contributed by atoms with Gasteiger partial charge in [0, 0.05) is 24.8 Å². The minimum Gasteiger partial charge on any atom is -0.493 e. The number of methoxy groups -OCH3 is 1. The van der Waals surface area contributed by atoms with Crippen LogP contribution in [0.5, 0.6) is 11.5 Å². The van der Waals surface area contributed by atoms with Crippen LogP contribution in [-0.4, -0.2) is 56.7 Å². The Kier molecular flexibility index (Phi) is 7.94. The minimum atomic E-state index is -0.652. The van der Waals surface area contributed by atoms with E-state index < -0.39 is 6.16 Å². The van der Waals surface area contributed by atoms with Crippen molar-refractivity contribution in [3.8, 4) is 11.5 Å². The molecule has 0 radical (unpaired) electrons. The van der Waals surface area contributed by atoms with E-state index in [4.69, 9.17) is 19.0 Å². The molecule has 0 unspecified atom stereocenters. The summed E-state index contributed by atoms with van der Waals surface area (Å²) in [5.74, 6) is 1.56. The van der Waals surface area contributed by atoms with Crippen molar-refractivity contribution in [3.63, 3.8) is 0 Å². The summed E-state index contributed by atoms with van der Waals surface area (Å²) in [5, 5.41) is 1.76. The zero-order chi connectivity index (χ0) is 23.0. The number of hydrogen-bond donors (Lipinski definition) is 0. The summed E-state index contributed by atoms with van der Waals surface area (Å²) in [6, 6.07) is 16.4. The fourth-order valence-electron chi connectivity index (χ4n) is 4.63. The maximum absolute atomic E-state index is 12.0. The number of anilines is 1. The predicted molar refractivity (Wildman–Crippen MR) is 127 cm³/mol. The van der Waals surface area contributed by atoms with Crippen LogP contribution in [0.3, 0.4) is 0 Å². The molecule has 178 valence electrons. The van der Waals surface area contributed by atoms with E-state index in [1.54, 1.807) is 19.1 Å². The largest absolute Gasteiger partial charge is 0.527 e. The topological polar surface area (TPSA) is 60.5 Å². The Labute approximate surface area is 196 Å². The quantitative estimate of drug-likeness (QED) is 0.529. The molecule has 0 N–H and O–H groups in total. The third-order valence-corrected chi connectivity index (χ3v) is 6.31. The van der Waals surface area contributed by atoms with Crippen molar-refractivity contribution < 1.29 is 23.8 Å². The van der Waals surface area contributed by atoms with E-state index in [0.717, 1.165) is 43.0 Å². The predicted octanol–water partition coefficient (Wildman–Crippen LogP) is 4.84. The number of piperazine rings is 1. The van der Waals surface area contributed by atoms with Gasteiger partial charge in [-0.15, -0.1) is 5.06 Å². The van der Waals surface area contributed by atoms with Crippen LogP contribution >= 0.6 is 0 Å². The van der Waals surface area contributed by atoms with Crippen molar-refractivity contribution in [2.45, 2.75) is 51.2 Å². The van der Waals surface area contributed by atoms with Gasteiger partial charge in [-0.25, -0.2) is 4.79 Å². The maximum Gasteiger partial charge on any atom is 0.527 e. The summed E-state index contributed by atoms with van der Waals surface area (Å²) < 4.78 is 16.9. The Morgan fingerprint density at radius 3 is 2.55 bits per heavy atom. The molecule has 1 aliphatic carbocycles. The Hall–Kier alpha value is -2.93. The fourth-order valence-corrected chi connectivity index (χ4v) is 4.63. The van der Waals surface area contributed by atoms with E-state index in [1.165, 1.54) is 18.4 Å². The van der Waals surface area contributed by atoms with E-state index in [1.807, 2.05) is 24.3 Å². The molecule has 1 aliphatic heterocycles. The molecule has 7 nitrogen and oxygen atoms in total. The van der Waals surface area contributed by atoms with E-state index in [0.29, 0.717) is 13.1 Å². The van der Waals surface area contributed by atoms with Gasteiger partial charge in [-0.2, -0.15) is 0 Å². The molecule has 2 aromatic carbocycles. The number of benzene rings is 2. The van der Waals surface area contributed by atoms with Crippen molar-refractivity contribution in [1.82, 2.24) is 5.06 Å². The lowest BCUT2D eigenvalue weighted by molar-refractivity contribution is -0.157. The van der Waals surface area contributed by atoms with Crippen LogP contribution in [0.2, 0.25) is 0 Å². The van der Waals surface area contributed by atoms with Gasteiger partial charge in [0.15, 0.2) is 11.5 Å². The van der Waals surface area contributed by atoms with Gasteiger partial charge in [0.2, 0.25) is 0 Å². The van der Waals surface area contributed by atoms with Crippen LogP contribution in [0.1, 0.15) is 38.2 Å². The van der Waals surface area contributed by atoms with Gasteiger partial charge >= 0.3 is 6.16 Å². The van der Waals surface area contributed by atoms with Gasteiger partial charge in [0.25, 0.3) is 0 Å². The van der Waals surface area contributed by atoms with Gasteiger partial charge in [-0.1, -0.05) is 30.3 Å². The second-order valence-electron chi connectivity index (χ2n) is 8.56. The first-order valence-electron chi connectivity index (χ1n) is 11.9. The third-order valence-electron chi connectivity index (χ3n) is 6.31. The highest BCUT2D eigenvalue weighted by molar-refractivity contribution is 5.60. The summed E-state index contributed by atoms with van der Waals surface area (Å²) >= 11 is 0. The number of hydroxylamine groups is 2. The van der Waals surface area contributed by atoms with Gasteiger partial charge in [0.1, 0.15) is 0 Å². The van der Waals surface area contributed by atoms with Gasteiger partial charge in [-0.05, 0) is 56.7 Å². The molecule has 7 heteroatoms. The van der Waals surface area contributed by atoms with Crippen molar-refractivity contribution in [1.29, 1.82) is 0 Å². The Morgan fingerprint density at radius 2 is 1.82 bits per heavy atom. The van der Waals surface area contributed by atoms with E-state index in [-0.39, 0.29) is 18.8 Å². The first-order chi connectivity index (χ1) is 16.2. The lowest BCUT2D eigenvalue weighted by atomic mass is 10.0. The molecule has 1 heterocycles. The molecule has 2 aliphatic rings. The molecule has 0 bridgehead atoms. The Balaban J connectivity index is 1.51. The molecule has 0 aromatic heterocycles. The van der Waals surface area contributed by atoms with Crippen LogP contribution in [0, 0.1) is 0 Å². The zero-order valence-corrected chi connectivity index (χ0v) is 19.6. The third kappa shape index (κ3) is 6.11. The molecule has 1 atom stereocenters. The number of carbonyl (C=O) groups is 1. The highest BCUT2D eigenvalue weighted by Gasteiger charge is 2.31. The normalized spacial score (nSPS) is 19.3. The molecule has 2 fully saturated rings. The van der Waals surface area contributed by atoms with Crippen LogP contribution in [-0.2, 0) is 16.0 Å². The van der Waals surface area contributed by atoms with E-state index >= 15 is 0 Å². The molecule has 2 aromatic rings. The van der Waals surface area contributed by atoms with Crippen molar-refractivity contribution in [2.24, 2.45) is 0 Å². The highest BCUT2D eigenvalue weighted by Crippen LogP contribution is 2.35. The minimum absolute atomic E-state index is 0.00754. The van der Waals surface area contributed by atoms with Gasteiger partial charge < -0.3 is 23.9 Å². The van der Waals surface area contributed by atoms with Crippen molar-refractivity contribution in [3.05, 3.63) is 54.1 Å². The van der Waals surface area contributed by atoms with Gasteiger partial charge in [0.05, 0.1) is 32.4 Å². The smallest absolute Gasteiger partial charge is 0.493 e. The molecular formula is C26H34N2O5. The number of hydrogen-bond acceptors (Lipinski definition) is 7. The monoisotopic (exact) mass is 454 g/mol. The maximum atomic E-state index is 12.0. The molecule has 0 spiro atoms. The van der Waals surface area contributed by atoms with Crippen LogP contribution in [0.15, 0.2) is 48.5 Å². The summed E-state index contributed by atoms with van der Waals surface area (Å²) in [6.07, 6.45) is 4.99. The first-order valence-corrected chi connectivity index (χ1v) is 11.9. The fraction of sp³-hybridized carbons (Fsp3) is 0.500. The van der Waals surface area contributed by atoms with E-state index in [9.17, 15) is 4.79 Å². The van der Waals surface area contributed by atoms with Crippen molar-refractivity contribution >= 4 is 11.8 Å². The summed E-state index contributed by atoms with van der Waals surface area (Å²) in [7, 11) is 1.68. The van der Waals surface area contributed by atoms with E-state index in [2.05, 4.69) is 29.2 Å². The SMILES string of the molecule is CCOC(=O)ON1CCN(c2ccc(OC)c(OC3CCCC3)c2)C[C@@H]1Cc1ccccc1. The summed E-state index contributed by atoms with van der Waals surface area (Å²) in [6.45, 7) is 4.08. The molecule has 0 amide bonds.